The lowest BCUT2D eigenvalue weighted by Crippen LogP contribution is -2.00. The summed E-state index contributed by atoms with van der Waals surface area (Å²) in [4.78, 5) is 23.2. The fraction of sp³-hybridized carbons (Fsp3) is 0.0500. The third-order valence-corrected chi connectivity index (χ3v) is 4.25. The van der Waals surface area contributed by atoms with Gasteiger partial charge in [-0.1, -0.05) is 6.07 Å². The third kappa shape index (κ3) is 2.95. The van der Waals surface area contributed by atoms with Crippen molar-refractivity contribution < 1.29 is 19.7 Å². The lowest BCUT2D eigenvalue weighted by atomic mass is 10.0. The number of carbonyl (C=O) groups is 1. The summed E-state index contributed by atoms with van der Waals surface area (Å²) < 4.78 is 4.73. The van der Waals surface area contributed by atoms with Crippen molar-refractivity contribution >= 4 is 17.0 Å². The maximum absolute atomic E-state index is 11.7. The largest absolute Gasteiger partial charge is 0.507 e. The predicted molar refractivity (Wildman–Crippen MR) is 99.4 cm³/mol. The first-order valence-electron chi connectivity index (χ1n) is 8.12. The zero-order chi connectivity index (χ0) is 19.0. The lowest BCUT2D eigenvalue weighted by Gasteiger charge is -2.07. The number of hydrogen-bond acceptors (Lipinski definition) is 6. The van der Waals surface area contributed by atoms with Crippen molar-refractivity contribution in [3.05, 3.63) is 60.3 Å². The van der Waals surface area contributed by atoms with Gasteiger partial charge in [0.1, 0.15) is 11.6 Å². The molecule has 0 aliphatic heterocycles. The van der Waals surface area contributed by atoms with Gasteiger partial charge in [0.05, 0.1) is 29.3 Å². The van der Waals surface area contributed by atoms with Crippen LogP contribution in [0.1, 0.15) is 10.4 Å². The lowest BCUT2D eigenvalue weighted by molar-refractivity contribution is 0.0601. The molecule has 4 aromatic rings. The molecule has 0 aliphatic carbocycles. The predicted octanol–water partition coefficient (Wildman–Crippen LogP) is 3.49. The van der Waals surface area contributed by atoms with Crippen LogP contribution in [0.2, 0.25) is 0 Å². The van der Waals surface area contributed by atoms with Gasteiger partial charge in [-0.3, -0.25) is 0 Å². The molecule has 7 heteroatoms. The summed E-state index contributed by atoms with van der Waals surface area (Å²) in [7, 11) is 1.32. The highest BCUT2D eigenvalue weighted by molar-refractivity contribution is 5.94. The average Bonchev–Trinajstić information content (AvgIpc) is 3.11. The Morgan fingerprint density at radius 3 is 2.70 bits per heavy atom. The van der Waals surface area contributed by atoms with E-state index in [-0.39, 0.29) is 11.6 Å². The molecule has 0 atom stereocenters. The van der Waals surface area contributed by atoms with Gasteiger partial charge in [0.2, 0.25) is 5.88 Å². The molecule has 0 aliphatic rings. The molecule has 7 nitrogen and oxygen atoms in total. The maximum Gasteiger partial charge on any atom is 0.337 e. The number of esters is 1. The molecule has 27 heavy (non-hydrogen) atoms. The van der Waals surface area contributed by atoms with Gasteiger partial charge in [0.15, 0.2) is 0 Å². The van der Waals surface area contributed by atoms with Crippen molar-refractivity contribution in [3.8, 4) is 34.1 Å². The Morgan fingerprint density at radius 2 is 1.93 bits per heavy atom. The summed E-state index contributed by atoms with van der Waals surface area (Å²) in [5, 5.41) is 20.3. The zero-order valence-electron chi connectivity index (χ0n) is 14.3. The van der Waals surface area contributed by atoms with Crippen LogP contribution < -0.4 is 0 Å². The number of phenolic OH excluding ortho intramolecular Hbond substituents is 1. The Hall–Kier alpha value is -3.87. The van der Waals surface area contributed by atoms with Crippen molar-refractivity contribution in [1.82, 2.24) is 15.0 Å². The smallest absolute Gasteiger partial charge is 0.337 e. The number of H-pyrrole nitrogens is 1. The molecule has 4 rings (SSSR count). The quantitative estimate of drug-likeness (QED) is 0.482. The molecule has 134 valence electrons. The van der Waals surface area contributed by atoms with E-state index in [2.05, 4.69) is 15.0 Å². The van der Waals surface area contributed by atoms with E-state index < -0.39 is 5.97 Å². The highest BCUT2D eigenvalue weighted by atomic mass is 16.5. The van der Waals surface area contributed by atoms with E-state index in [1.165, 1.54) is 19.4 Å². The van der Waals surface area contributed by atoms with Crippen molar-refractivity contribution in [1.29, 1.82) is 0 Å². The Kier molecular flexibility index (Phi) is 3.97. The van der Waals surface area contributed by atoms with Gasteiger partial charge in [-0.2, -0.15) is 0 Å². The summed E-state index contributed by atoms with van der Waals surface area (Å²) in [6.45, 7) is 0. The van der Waals surface area contributed by atoms with Gasteiger partial charge in [-0.05, 0) is 48.0 Å². The van der Waals surface area contributed by atoms with Gasteiger partial charge in [0.25, 0.3) is 0 Å². The minimum atomic E-state index is -0.440. The number of aromatic amines is 1. The second-order valence-electron chi connectivity index (χ2n) is 5.92. The first kappa shape index (κ1) is 16.6. The number of rotatable bonds is 3. The van der Waals surface area contributed by atoms with Crippen LogP contribution in [0.3, 0.4) is 0 Å². The van der Waals surface area contributed by atoms with Gasteiger partial charge in [0, 0.05) is 11.8 Å². The van der Waals surface area contributed by atoms with E-state index in [1.54, 1.807) is 42.5 Å². The molecule has 0 unspecified atom stereocenters. The van der Waals surface area contributed by atoms with E-state index in [0.29, 0.717) is 39.1 Å². The van der Waals surface area contributed by atoms with Crippen LogP contribution in [-0.2, 0) is 4.74 Å². The molecule has 0 saturated heterocycles. The Labute approximate surface area is 153 Å². The summed E-state index contributed by atoms with van der Waals surface area (Å²) in [5.74, 6) is -0.0597. The van der Waals surface area contributed by atoms with Crippen molar-refractivity contribution in [2.75, 3.05) is 7.11 Å². The standard InChI is InChI=1S/C20H15N3O4/c1-27-20(26)12-4-6-15-16(10-12)23-18(22-15)14-9-11(5-7-17(14)24)13-3-2-8-21-19(13)25/h2-10,24H,1H3,(H,21,25)(H,22,23). The summed E-state index contributed by atoms with van der Waals surface area (Å²) >= 11 is 0. The van der Waals surface area contributed by atoms with Crippen molar-refractivity contribution in [3.63, 3.8) is 0 Å². The zero-order valence-corrected chi connectivity index (χ0v) is 14.3. The number of fused-ring (bicyclic) bond motifs is 1. The molecule has 0 saturated carbocycles. The third-order valence-electron chi connectivity index (χ3n) is 4.25. The van der Waals surface area contributed by atoms with E-state index in [0.717, 1.165) is 0 Å². The van der Waals surface area contributed by atoms with Crippen LogP contribution in [0.5, 0.6) is 11.6 Å². The molecule has 0 radical (unpaired) electrons. The maximum atomic E-state index is 11.7. The van der Waals surface area contributed by atoms with Crippen molar-refractivity contribution in [2.24, 2.45) is 0 Å². The van der Waals surface area contributed by atoms with E-state index in [1.807, 2.05) is 0 Å². The second-order valence-corrected chi connectivity index (χ2v) is 5.92. The number of aromatic nitrogens is 3. The molecule has 0 fully saturated rings. The fourth-order valence-electron chi connectivity index (χ4n) is 2.90. The average molecular weight is 361 g/mol. The summed E-state index contributed by atoms with van der Waals surface area (Å²) in [6.07, 6.45) is 1.50. The van der Waals surface area contributed by atoms with Gasteiger partial charge in [-0.15, -0.1) is 0 Å². The topological polar surface area (TPSA) is 108 Å². The van der Waals surface area contributed by atoms with E-state index in [9.17, 15) is 15.0 Å². The molecule has 0 spiro atoms. The highest BCUT2D eigenvalue weighted by Gasteiger charge is 2.14. The molecular weight excluding hydrogens is 346 g/mol. The van der Waals surface area contributed by atoms with Crippen LogP contribution >= 0.6 is 0 Å². The minimum Gasteiger partial charge on any atom is -0.507 e. The number of nitrogens with zero attached hydrogens (tertiary/aromatic N) is 2. The molecule has 0 amide bonds. The normalized spacial score (nSPS) is 10.9. The number of methoxy groups -OCH3 is 1. The molecular formula is C20H15N3O4. The number of nitrogens with one attached hydrogen (secondary N) is 1. The Balaban J connectivity index is 1.82. The summed E-state index contributed by atoms with van der Waals surface area (Å²) in [5.41, 5.74) is 3.38. The van der Waals surface area contributed by atoms with Crippen LogP contribution in [0.15, 0.2) is 54.7 Å². The van der Waals surface area contributed by atoms with Gasteiger partial charge < -0.3 is 19.9 Å². The first-order chi connectivity index (χ1) is 13.1. The fourth-order valence-corrected chi connectivity index (χ4v) is 2.90. The number of phenols is 1. The van der Waals surface area contributed by atoms with Crippen LogP contribution in [0.25, 0.3) is 33.5 Å². The number of imidazole rings is 1. The SMILES string of the molecule is COC(=O)c1ccc2nc(-c3cc(-c4cccnc4O)ccc3O)[nH]c2c1. The van der Waals surface area contributed by atoms with E-state index >= 15 is 0 Å². The highest BCUT2D eigenvalue weighted by Crippen LogP contribution is 2.35. The van der Waals surface area contributed by atoms with Gasteiger partial charge >= 0.3 is 5.97 Å². The van der Waals surface area contributed by atoms with Gasteiger partial charge in [-0.25, -0.2) is 14.8 Å². The second kappa shape index (κ2) is 6.45. The number of hydrogen-bond donors (Lipinski definition) is 3. The molecule has 2 heterocycles. The summed E-state index contributed by atoms with van der Waals surface area (Å²) in [6, 6.07) is 13.4. The molecule has 2 aromatic heterocycles. The Morgan fingerprint density at radius 1 is 1.07 bits per heavy atom. The van der Waals surface area contributed by atoms with Crippen LogP contribution in [0, 0.1) is 0 Å². The number of ether oxygens (including phenoxy) is 1. The molecule has 2 aromatic carbocycles. The van der Waals surface area contributed by atoms with Crippen LogP contribution in [-0.4, -0.2) is 38.2 Å². The number of carbonyl (C=O) groups excluding carboxylic acids is 1. The van der Waals surface area contributed by atoms with E-state index in [4.69, 9.17) is 4.74 Å². The minimum absolute atomic E-state index is 0.0365. The Bertz CT molecular complexity index is 1170. The number of pyridine rings is 1. The van der Waals surface area contributed by atoms with Crippen molar-refractivity contribution in [2.45, 2.75) is 0 Å². The molecule has 0 bridgehead atoms. The number of aromatic hydroxyl groups is 2. The number of benzene rings is 2. The monoisotopic (exact) mass is 361 g/mol. The first-order valence-corrected chi connectivity index (χ1v) is 8.12. The molecule has 3 N–H and O–H groups in total. The van der Waals surface area contributed by atoms with Crippen LogP contribution in [0.4, 0.5) is 0 Å².